The van der Waals surface area contributed by atoms with E-state index in [9.17, 15) is 4.79 Å². The molecule has 0 fully saturated rings. The molecule has 132 valence electrons. The molecule has 0 aliphatic carbocycles. The standard InChI is InChI=1S/C19H23N3O3/c1-14-7-5-8-15(2)18(14)25-12-6-11-24-17-10-4-3-9-16(17)13-21-22-19(20)23/h3-5,7-10,13H,6,11-12H2,1-2H3,(H3,20,22,23)/b21-13-. The zero-order valence-electron chi connectivity index (χ0n) is 14.5. The maximum Gasteiger partial charge on any atom is 0.332 e. The van der Waals surface area contributed by atoms with Crippen LogP contribution in [-0.2, 0) is 0 Å². The topological polar surface area (TPSA) is 85.9 Å². The molecule has 6 heteroatoms. The van der Waals surface area contributed by atoms with Crippen molar-refractivity contribution in [1.29, 1.82) is 0 Å². The number of amides is 2. The van der Waals surface area contributed by atoms with Gasteiger partial charge in [-0.1, -0.05) is 30.3 Å². The second-order valence-corrected chi connectivity index (χ2v) is 5.54. The number of ether oxygens (including phenoxy) is 2. The van der Waals surface area contributed by atoms with E-state index in [1.165, 1.54) is 6.21 Å². The van der Waals surface area contributed by atoms with Crippen molar-refractivity contribution in [3.05, 3.63) is 59.2 Å². The molecule has 0 aliphatic rings. The Bertz CT molecular complexity index is 724. The van der Waals surface area contributed by atoms with Gasteiger partial charge in [0.15, 0.2) is 0 Å². The number of primary amides is 1. The zero-order chi connectivity index (χ0) is 18.1. The van der Waals surface area contributed by atoms with Crippen LogP contribution in [0.3, 0.4) is 0 Å². The normalized spacial score (nSPS) is 10.6. The molecule has 2 rings (SSSR count). The van der Waals surface area contributed by atoms with Crippen LogP contribution in [0.15, 0.2) is 47.6 Å². The Morgan fingerprint density at radius 1 is 1.08 bits per heavy atom. The van der Waals surface area contributed by atoms with Crippen LogP contribution in [0.5, 0.6) is 11.5 Å². The molecule has 0 aliphatic heterocycles. The lowest BCUT2D eigenvalue weighted by atomic mass is 10.1. The summed E-state index contributed by atoms with van der Waals surface area (Å²) < 4.78 is 11.6. The number of nitrogens with one attached hydrogen (secondary N) is 1. The van der Waals surface area contributed by atoms with Crippen molar-refractivity contribution in [2.24, 2.45) is 10.8 Å². The summed E-state index contributed by atoms with van der Waals surface area (Å²) in [5.74, 6) is 1.62. The van der Waals surface area contributed by atoms with Gasteiger partial charge in [0, 0.05) is 12.0 Å². The number of carbonyl (C=O) groups is 1. The fourth-order valence-electron chi connectivity index (χ4n) is 2.33. The van der Waals surface area contributed by atoms with Gasteiger partial charge in [-0.25, -0.2) is 10.2 Å². The lowest BCUT2D eigenvalue weighted by Gasteiger charge is -2.13. The van der Waals surface area contributed by atoms with E-state index in [0.717, 1.165) is 28.9 Å². The molecule has 2 amide bonds. The van der Waals surface area contributed by atoms with Crippen molar-refractivity contribution in [3.63, 3.8) is 0 Å². The van der Waals surface area contributed by atoms with E-state index in [0.29, 0.717) is 19.0 Å². The first-order valence-corrected chi connectivity index (χ1v) is 8.07. The fourth-order valence-corrected chi connectivity index (χ4v) is 2.33. The van der Waals surface area contributed by atoms with Crippen molar-refractivity contribution in [2.45, 2.75) is 20.3 Å². The first-order chi connectivity index (χ1) is 12.1. The molecule has 0 aromatic heterocycles. The van der Waals surface area contributed by atoms with E-state index >= 15 is 0 Å². The number of rotatable bonds is 8. The van der Waals surface area contributed by atoms with Gasteiger partial charge in [-0.3, -0.25) is 0 Å². The molecule has 2 aromatic rings. The van der Waals surface area contributed by atoms with Gasteiger partial charge >= 0.3 is 6.03 Å². The van der Waals surface area contributed by atoms with Gasteiger partial charge in [0.1, 0.15) is 11.5 Å². The third-order valence-corrected chi connectivity index (χ3v) is 3.50. The predicted octanol–water partition coefficient (Wildman–Crippen LogP) is 3.15. The molecule has 2 aromatic carbocycles. The van der Waals surface area contributed by atoms with Crippen LogP contribution in [0.2, 0.25) is 0 Å². The summed E-state index contributed by atoms with van der Waals surface area (Å²) in [7, 11) is 0. The van der Waals surface area contributed by atoms with E-state index in [1.54, 1.807) is 0 Å². The van der Waals surface area contributed by atoms with Gasteiger partial charge in [-0.15, -0.1) is 0 Å². The molecule has 0 bridgehead atoms. The smallest absolute Gasteiger partial charge is 0.332 e. The molecule has 0 atom stereocenters. The minimum atomic E-state index is -0.710. The number of aryl methyl sites for hydroxylation is 2. The number of nitrogens with two attached hydrogens (primary N) is 1. The van der Waals surface area contributed by atoms with E-state index in [2.05, 4.69) is 10.5 Å². The van der Waals surface area contributed by atoms with Crippen LogP contribution in [0.1, 0.15) is 23.1 Å². The number of carbonyl (C=O) groups excluding carboxylic acids is 1. The number of hydrogen-bond donors (Lipinski definition) is 2. The maximum absolute atomic E-state index is 10.6. The summed E-state index contributed by atoms with van der Waals surface area (Å²) in [6.07, 6.45) is 2.24. The van der Waals surface area contributed by atoms with Gasteiger partial charge in [-0.05, 0) is 37.1 Å². The van der Waals surface area contributed by atoms with Crippen molar-refractivity contribution >= 4 is 12.2 Å². The predicted molar refractivity (Wildman–Crippen MR) is 98.3 cm³/mol. The summed E-state index contributed by atoms with van der Waals surface area (Å²) in [5.41, 5.74) is 10.1. The first kappa shape index (κ1) is 18.3. The molecular formula is C19H23N3O3. The average molecular weight is 341 g/mol. The highest BCUT2D eigenvalue weighted by molar-refractivity contribution is 5.84. The van der Waals surface area contributed by atoms with Crippen LogP contribution in [-0.4, -0.2) is 25.5 Å². The highest BCUT2D eigenvalue weighted by atomic mass is 16.5. The monoisotopic (exact) mass is 341 g/mol. The van der Waals surface area contributed by atoms with E-state index in [1.807, 2.05) is 56.3 Å². The first-order valence-electron chi connectivity index (χ1n) is 8.07. The Labute approximate surface area is 147 Å². The molecule has 0 radical (unpaired) electrons. The fraction of sp³-hybridized carbons (Fsp3) is 0.263. The summed E-state index contributed by atoms with van der Waals surface area (Å²) in [4.78, 5) is 10.6. The van der Waals surface area contributed by atoms with Crippen molar-refractivity contribution in [1.82, 2.24) is 5.43 Å². The Hall–Kier alpha value is -3.02. The quantitative estimate of drug-likeness (QED) is 0.439. The molecule has 25 heavy (non-hydrogen) atoms. The van der Waals surface area contributed by atoms with Gasteiger partial charge < -0.3 is 15.2 Å². The second kappa shape index (κ2) is 9.32. The largest absolute Gasteiger partial charge is 0.493 e. The molecule has 0 saturated carbocycles. The highest BCUT2D eigenvalue weighted by Crippen LogP contribution is 2.22. The Balaban J connectivity index is 1.82. The van der Waals surface area contributed by atoms with Crippen molar-refractivity contribution in [3.8, 4) is 11.5 Å². The summed E-state index contributed by atoms with van der Waals surface area (Å²) in [5, 5.41) is 3.75. The zero-order valence-corrected chi connectivity index (χ0v) is 14.5. The Morgan fingerprint density at radius 2 is 1.76 bits per heavy atom. The molecule has 0 heterocycles. The number of hydrazone groups is 1. The summed E-state index contributed by atoms with van der Waals surface area (Å²) in [6, 6.07) is 12.8. The molecule has 3 N–H and O–H groups in total. The van der Waals surface area contributed by atoms with E-state index in [4.69, 9.17) is 15.2 Å². The maximum atomic E-state index is 10.6. The van der Waals surface area contributed by atoms with Crippen LogP contribution in [0.25, 0.3) is 0 Å². The van der Waals surface area contributed by atoms with Crippen LogP contribution in [0.4, 0.5) is 4.79 Å². The van der Waals surface area contributed by atoms with Gasteiger partial charge in [-0.2, -0.15) is 5.10 Å². The summed E-state index contributed by atoms with van der Waals surface area (Å²) >= 11 is 0. The summed E-state index contributed by atoms with van der Waals surface area (Å²) in [6.45, 7) is 5.16. The lowest BCUT2D eigenvalue weighted by molar-refractivity contribution is 0.245. The average Bonchev–Trinajstić information content (AvgIpc) is 2.58. The second-order valence-electron chi connectivity index (χ2n) is 5.54. The van der Waals surface area contributed by atoms with Gasteiger partial charge in [0.25, 0.3) is 0 Å². The van der Waals surface area contributed by atoms with Crippen LogP contribution >= 0.6 is 0 Å². The number of urea groups is 1. The van der Waals surface area contributed by atoms with E-state index in [-0.39, 0.29) is 0 Å². The van der Waals surface area contributed by atoms with Crippen molar-refractivity contribution < 1.29 is 14.3 Å². The van der Waals surface area contributed by atoms with Crippen LogP contribution < -0.4 is 20.6 Å². The molecule has 0 unspecified atom stereocenters. The molecule has 6 nitrogen and oxygen atoms in total. The minimum absolute atomic E-state index is 0.513. The number of hydrogen-bond acceptors (Lipinski definition) is 4. The third-order valence-electron chi connectivity index (χ3n) is 3.50. The Morgan fingerprint density at radius 3 is 2.48 bits per heavy atom. The van der Waals surface area contributed by atoms with Crippen LogP contribution in [0, 0.1) is 13.8 Å². The molecular weight excluding hydrogens is 318 g/mol. The lowest BCUT2D eigenvalue weighted by Crippen LogP contribution is -2.24. The number of benzene rings is 2. The van der Waals surface area contributed by atoms with E-state index < -0.39 is 6.03 Å². The van der Waals surface area contributed by atoms with Crippen molar-refractivity contribution in [2.75, 3.05) is 13.2 Å². The Kier molecular flexibility index (Phi) is 6.83. The molecule has 0 spiro atoms. The molecule has 0 saturated heterocycles. The minimum Gasteiger partial charge on any atom is -0.493 e. The number of para-hydroxylation sites is 2. The third kappa shape index (κ3) is 5.84. The van der Waals surface area contributed by atoms with Gasteiger partial charge in [0.05, 0.1) is 19.4 Å². The SMILES string of the molecule is Cc1cccc(C)c1OCCCOc1ccccc1/C=N\NC(N)=O. The van der Waals surface area contributed by atoms with Gasteiger partial charge in [0.2, 0.25) is 0 Å². The highest BCUT2D eigenvalue weighted by Gasteiger charge is 2.04. The number of nitrogens with zero attached hydrogens (tertiary/aromatic N) is 1.